The van der Waals surface area contributed by atoms with Gasteiger partial charge in [-0.1, -0.05) is 12.1 Å². The predicted octanol–water partition coefficient (Wildman–Crippen LogP) is 0.584. The lowest BCUT2D eigenvalue weighted by Gasteiger charge is -2.30. The average Bonchev–Trinajstić information content (AvgIpc) is 2.67. The van der Waals surface area contributed by atoms with Crippen molar-refractivity contribution in [2.45, 2.75) is 38.6 Å². The molecule has 8 heteroatoms. The average molecular weight is 372 g/mol. The Morgan fingerprint density at radius 3 is 2.52 bits per heavy atom. The van der Waals surface area contributed by atoms with Crippen LogP contribution in [0.15, 0.2) is 33.9 Å². The number of nitrogens with one attached hydrogen (secondary N) is 1. The smallest absolute Gasteiger partial charge is 0.328 e. The van der Waals surface area contributed by atoms with Crippen LogP contribution < -0.4 is 17.0 Å². The van der Waals surface area contributed by atoms with Gasteiger partial charge in [-0.2, -0.15) is 0 Å². The van der Waals surface area contributed by atoms with Crippen LogP contribution in [0.3, 0.4) is 0 Å². The number of aromatic amines is 1. The van der Waals surface area contributed by atoms with Crippen molar-refractivity contribution in [3.63, 3.8) is 0 Å². The third-order valence-corrected chi connectivity index (χ3v) is 5.16. The minimum absolute atomic E-state index is 0.0395. The van der Waals surface area contributed by atoms with Gasteiger partial charge in [-0.3, -0.25) is 19.0 Å². The highest BCUT2D eigenvalue weighted by Crippen LogP contribution is 2.17. The molecule has 0 atom stereocenters. The van der Waals surface area contributed by atoms with Crippen LogP contribution in [0.1, 0.15) is 32.1 Å². The zero-order valence-electron chi connectivity index (χ0n) is 15.1. The van der Waals surface area contributed by atoms with Gasteiger partial charge in [0.15, 0.2) is 0 Å². The Balaban J connectivity index is 1.52. The molecule has 1 saturated heterocycles. The molecular weight excluding hydrogens is 348 g/mol. The fourth-order valence-electron chi connectivity index (χ4n) is 3.52. The molecule has 0 spiro atoms. The van der Waals surface area contributed by atoms with Gasteiger partial charge < -0.3 is 15.6 Å². The molecule has 1 aromatic heterocycles. The van der Waals surface area contributed by atoms with Crippen molar-refractivity contribution in [1.82, 2.24) is 14.5 Å². The number of piperidine rings is 1. The van der Waals surface area contributed by atoms with E-state index in [1.54, 1.807) is 29.2 Å². The van der Waals surface area contributed by atoms with Crippen LogP contribution in [-0.4, -0.2) is 39.4 Å². The normalized spacial score (nSPS) is 15.2. The van der Waals surface area contributed by atoms with Gasteiger partial charge in [0.1, 0.15) is 0 Å². The number of fused-ring (bicyclic) bond motifs is 1. The maximum Gasteiger partial charge on any atom is 0.328 e. The Labute approximate surface area is 156 Å². The Hall–Kier alpha value is -2.90. The van der Waals surface area contributed by atoms with Crippen molar-refractivity contribution in [3.05, 3.63) is 45.1 Å². The number of nitrogens with zero attached hydrogens (tertiary/aromatic N) is 2. The second kappa shape index (κ2) is 8.20. The number of hydrogen-bond acceptors (Lipinski definition) is 4. The first-order chi connectivity index (χ1) is 13.0. The van der Waals surface area contributed by atoms with E-state index < -0.39 is 5.69 Å². The summed E-state index contributed by atoms with van der Waals surface area (Å²) < 4.78 is 1.19. The number of amides is 2. The molecule has 3 N–H and O–H groups in total. The molecule has 2 heterocycles. The van der Waals surface area contributed by atoms with Gasteiger partial charge in [0.05, 0.1) is 10.9 Å². The van der Waals surface area contributed by atoms with Gasteiger partial charge in [-0.15, -0.1) is 0 Å². The molecule has 0 radical (unpaired) electrons. The van der Waals surface area contributed by atoms with Gasteiger partial charge in [0, 0.05) is 32.0 Å². The summed E-state index contributed by atoms with van der Waals surface area (Å²) in [4.78, 5) is 52.5. The molecule has 2 aromatic rings. The second-order valence-corrected chi connectivity index (χ2v) is 6.95. The van der Waals surface area contributed by atoms with Crippen molar-refractivity contribution in [1.29, 1.82) is 0 Å². The number of carbonyl (C=O) groups is 2. The number of likely N-dealkylation sites (tertiary alicyclic amines) is 1. The summed E-state index contributed by atoms with van der Waals surface area (Å²) in [6.07, 6.45) is 2.74. The standard InChI is InChI=1S/C19H24N4O4/c20-17(25)13-8-11-22(12-9-13)16(24)7-3-4-10-23-18(26)14-5-1-2-6-15(14)21-19(23)27/h1-2,5-6,13H,3-4,7-12H2,(H2,20,25)(H,21,27). The van der Waals surface area contributed by atoms with E-state index in [0.29, 0.717) is 56.1 Å². The molecule has 27 heavy (non-hydrogen) atoms. The molecule has 0 aliphatic carbocycles. The summed E-state index contributed by atoms with van der Waals surface area (Å²) >= 11 is 0. The molecular formula is C19H24N4O4. The molecule has 2 amide bonds. The molecule has 1 aliphatic rings. The number of aromatic nitrogens is 2. The van der Waals surface area contributed by atoms with Crippen LogP contribution in [0.4, 0.5) is 0 Å². The molecule has 1 aromatic carbocycles. The van der Waals surface area contributed by atoms with E-state index in [4.69, 9.17) is 5.73 Å². The Kier molecular flexibility index (Phi) is 5.73. The number of hydrogen-bond donors (Lipinski definition) is 2. The number of H-pyrrole nitrogens is 1. The van der Waals surface area contributed by atoms with Gasteiger partial charge >= 0.3 is 5.69 Å². The lowest BCUT2D eigenvalue weighted by atomic mass is 9.96. The molecule has 8 nitrogen and oxygen atoms in total. The van der Waals surface area contributed by atoms with Gasteiger partial charge in [0.2, 0.25) is 11.8 Å². The fraction of sp³-hybridized carbons (Fsp3) is 0.474. The molecule has 3 rings (SSSR count). The molecule has 1 aliphatic heterocycles. The molecule has 1 fully saturated rings. The summed E-state index contributed by atoms with van der Waals surface area (Å²) in [5.41, 5.74) is 5.09. The lowest BCUT2D eigenvalue weighted by molar-refractivity contribution is -0.135. The number of primary amides is 1. The van der Waals surface area contributed by atoms with Crippen molar-refractivity contribution in [2.24, 2.45) is 11.7 Å². The SMILES string of the molecule is NC(=O)C1CCN(C(=O)CCCCn2c(=O)[nH]c3ccccc3c2=O)CC1. The highest BCUT2D eigenvalue weighted by molar-refractivity contribution is 5.79. The molecule has 0 unspecified atom stereocenters. The zero-order valence-corrected chi connectivity index (χ0v) is 15.1. The number of nitrogens with two attached hydrogens (primary N) is 1. The van der Waals surface area contributed by atoms with E-state index in [-0.39, 0.29) is 29.8 Å². The quantitative estimate of drug-likeness (QED) is 0.721. The van der Waals surface area contributed by atoms with Gasteiger partial charge in [-0.25, -0.2) is 4.79 Å². The Morgan fingerprint density at radius 2 is 1.81 bits per heavy atom. The number of rotatable bonds is 6. The van der Waals surface area contributed by atoms with E-state index in [1.807, 2.05) is 0 Å². The first-order valence-electron chi connectivity index (χ1n) is 9.26. The summed E-state index contributed by atoms with van der Waals surface area (Å²) in [7, 11) is 0. The Bertz CT molecular complexity index is 954. The van der Waals surface area contributed by atoms with Gasteiger partial charge in [-0.05, 0) is 37.8 Å². The van der Waals surface area contributed by atoms with E-state index in [0.717, 1.165) is 0 Å². The summed E-state index contributed by atoms with van der Waals surface area (Å²) in [5, 5.41) is 0.477. The van der Waals surface area contributed by atoms with Crippen LogP contribution in [0.5, 0.6) is 0 Å². The number of carbonyl (C=O) groups excluding carboxylic acids is 2. The topological polar surface area (TPSA) is 118 Å². The highest BCUT2D eigenvalue weighted by Gasteiger charge is 2.25. The maximum absolute atomic E-state index is 12.4. The summed E-state index contributed by atoms with van der Waals surface area (Å²) in [6.45, 7) is 1.38. The monoisotopic (exact) mass is 372 g/mol. The van der Waals surface area contributed by atoms with Crippen LogP contribution in [0.2, 0.25) is 0 Å². The van der Waals surface area contributed by atoms with Crippen LogP contribution in [-0.2, 0) is 16.1 Å². The van der Waals surface area contributed by atoms with E-state index >= 15 is 0 Å². The predicted molar refractivity (Wildman–Crippen MR) is 101 cm³/mol. The summed E-state index contributed by atoms with van der Waals surface area (Å²) in [5.74, 6) is -0.397. The third-order valence-electron chi connectivity index (χ3n) is 5.16. The van der Waals surface area contributed by atoms with Gasteiger partial charge in [0.25, 0.3) is 5.56 Å². The second-order valence-electron chi connectivity index (χ2n) is 6.95. The number of unbranched alkanes of at least 4 members (excludes halogenated alkanes) is 1. The van der Waals surface area contributed by atoms with E-state index in [9.17, 15) is 19.2 Å². The van der Waals surface area contributed by atoms with Crippen LogP contribution >= 0.6 is 0 Å². The summed E-state index contributed by atoms with van der Waals surface area (Å²) in [6, 6.07) is 6.90. The van der Waals surface area contributed by atoms with E-state index in [2.05, 4.69) is 4.98 Å². The van der Waals surface area contributed by atoms with Crippen molar-refractivity contribution >= 4 is 22.7 Å². The first kappa shape index (κ1) is 18.9. The highest BCUT2D eigenvalue weighted by atomic mass is 16.2. The fourth-order valence-corrected chi connectivity index (χ4v) is 3.52. The van der Waals surface area contributed by atoms with Crippen molar-refractivity contribution in [3.8, 4) is 0 Å². The Morgan fingerprint density at radius 1 is 1.11 bits per heavy atom. The lowest BCUT2D eigenvalue weighted by Crippen LogP contribution is -2.41. The first-order valence-corrected chi connectivity index (χ1v) is 9.26. The number of benzene rings is 1. The largest absolute Gasteiger partial charge is 0.369 e. The molecule has 144 valence electrons. The zero-order chi connectivity index (χ0) is 19.4. The maximum atomic E-state index is 12.4. The van der Waals surface area contributed by atoms with Crippen molar-refractivity contribution < 1.29 is 9.59 Å². The minimum atomic E-state index is -0.432. The van der Waals surface area contributed by atoms with E-state index in [1.165, 1.54) is 4.57 Å². The minimum Gasteiger partial charge on any atom is -0.369 e. The molecule has 0 saturated carbocycles. The molecule has 0 bridgehead atoms. The number of para-hydroxylation sites is 1. The third kappa shape index (κ3) is 4.27. The van der Waals surface area contributed by atoms with Crippen LogP contribution in [0.25, 0.3) is 10.9 Å². The van der Waals surface area contributed by atoms with Crippen LogP contribution in [0, 0.1) is 5.92 Å². The van der Waals surface area contributed by atoms with Crippen molar-refractivity contribution in [2.75, 3.05) is 13.1 Å².